The molecule has 0 amide bonds. The summed E-state index contributed by atoms with van der Waals surface area (Å²) in [7, 11) is 0. The van der Waals surface area contributed by atoms with Crippen LogP contribution in [0, 0.1) is 5.41 Å². The summed E-state index contributed by atoms with van der Waals surface area (Å²) in [6.07, 6.45) is 2.23. The van der Waals surface area contributed by atoms with Gasteiger partial charge in [-0.1, -0.05) is 20.8 Å². The second-order valence-electron chi connectivity index (χ2n) is 5.48. The molecule has 0 aliphatic carbocycles. The number of rotatable bonds is 2. The van der Waals surface area contributed by atoms with Crippen LogP contribution in [0.4, 0.5) is 0 Å². The predicted molar refractivity (Wildman–Crippen MR) is 55.7 cm³/mol. The van der Waals surface area contributed by atoms with Crippen LogP contribution in [0.3, 0.4) is 0 Å². The van der Waals surface area contributed by atoms with E-state index in [1.165, 1.54) is 6.42 Å². The molecule has 0 bridgehead atoms. The smallest absolute Gasteiger partial charge is 0.0667 e. The van der Waals surface area contributed by atoms with E-state index >= 15 is 0 Å². The third-order valence-electron chi connectivity index (χ3n) is 2.65. The zero-order chi connectivity index (χ0) is 10.1. The normalized spacial score (nSPS) is 27.9. The van der Waals surface area contributed by atoms with Crippen LogP contribution in [-0.2, 0) is 0 Å². The van der Waals surface area contributed by atoms with Crippen LogP contribution in [0.25, 0.3) is 0 Å². The number of hydrogen-bond donors (Lipinski definition) is 1. The number of likely N-dealkylation sites (tertiary alicyclic amines) is 1. The lowest BCUT2D eigenvalue weighted by Crippen LogP contribution is -2.41. The highest BCUT2D eigenvalue weighted by Gasteiger charge is 2.30. The largest absolute Gasteiger partial charge is 0.392 e. The Kier molecular flexibility index (Phi) is 3.36. The van der Waals surface area contributed by atoms with Crippen molar-refractivity contribution in [2.75, 3.05) is 13.1 Å². The van der Waals surface area contributed by atoms with E-state index in [0.717, 1.165) is 19.5 Å². The van der Waals surface area contributed by atoms with Gasteiger partial charge in [-0.15, -0.1) is 0 Å². The summed E-state index contributed by atoms with van der Waals surface area (Å²) < 4.78 is 0. The van der Waals surface area contributed by atoms with E-state index in [2.05, 4.69) is 25.7 Å². The van der Waals surface area contributed by atoms with Crippen LogP contribution in [0.1, 0.15) is 40.5 Å². The van der Waals surface area contributed by atoms with Gasteiger partial charge in [0, 0.05) is 12.6 Å². The zero-order valence-electron chi connectivity index (χ0n) is 9.38. The van der Waals surface area contributed by atoms with Crippen molar-refractivity contribution >= 4 is 0 Å². The average molecular weight is 185 g/mol. The molecule has 0 radical (unpaired) electrons. The second kappa shape index (κ2) is 3.97. The van der Waals surface area contributed by atoms with Crippen LogP contribution >= 0.6 is 0 Å². The quantitative estimate of drug-likeness (QED) is 0.710. The molecule has 1 fully saturated rings. The molecule has 0 aromatic heterocycles. The minimum atomic E-state index is -0.176. The minimum absolute atomic E-state index is 0.176. The van der Waals surface area contributed by atoms with Gasteiger partial charge in [-0.2, -0.15) is 0 Å². The average Bonchev–Trinajstić information content (AvgIpc) is 2.31. The second-order valence-corrected chi connectivity index (χ2v) is 5.48. The third kappa shape index (κ3) is 3.28. The Hall–Kier alpha value is -0.0800. The fourth-order valence-electron chi connectivity index (χ4n) is 2.20. The van der Waals surface area contributed by atoms with Gasteiger partial charge in [0.25, 0.3) is 0 Å². The molecule has 0 spiro atoms. The molecule has 0 aromatic rings. The van der Waals surface area contributed by atoms with Crippen LogP contribution in [-0.4, -0.2) is 35.2 Å². The first-order chi connectivity index (χ1) is 5.90. The Morgan fingerprint density at radius 1 is 1.46 bits per heavy atom. The molecule has 0 saturated carbocycles. The van der Waals surface area contributed by atoms with Crippen LogP contribution in [0.5, 0.6) is 0 Å². The van der Waals surface area contributed by atoms with Crippen LogP contribution in [0.15, 0.2) is 0 Å². The number of aliphatic hydroxyl groups excluding tert-OH is 1. The Balaban J connectivity index is 2.49. The van der Waals surface area contributed by atoms with E-state index in [9.17, 15) is 5.11 Å². The summed E-state index contributed by atoms with van der Waals surface area (Å²) in [5.41, 5.74) is 0.345. The van der Waals surface area contributed by atoms with Crippen molar-refractivity contribution in [2.24, 2.45) is 5.41 Å². The highest BCUT2D eigenvalue weighted by Crippen LogP contribution is 2.25. The first-order valence-corrected chi connectivity index (χ1v) is 5.32. The van der Waals surface area contributed by atoms with Crippen molar-refractivity contribution in [1.82, 2.24) is 4.90 Å². The summed E-state index contributed by atoms with van der Waals surface area (Å²) in [6.45, 7) is 10.9. The Bertz CT molecular complexity index is 160. The van der Waals surface area contributed by atoms with Crippen molar-refractivity contribution in [3.8, 4) is 0 Å². The lowest BCUT2D eigenvalue weighted by atomic mass is 9.95. The summed E-state index contributed by atoms with van der Waals surface area (Å²) in [4.78, 5) is 2.44. The SMILES string of the molecule is CC(O)C1CCCN1CC(C)(C)C. The van der Waals surface area contributed by atoms with Crippen molar-refractivity contribution < 1.29 is 5.11 Å². The van der Waals surface area contributed by atoms with E-state index in [1.807, 2.05) is 6.92 Å². The van der Waals surface area contributed by atoms with E-state index in [-0.39, 0.29) is 6.10 Å². The van der Waals surface area contributed by atoms with Gasteiger partial charge in [-0.25, -0.2) is 0 Å². The highest BCUT2D eigenvalue weighted by atomic mass is 16.3. The van der Waals surface area contributed by atoms with E-state index in [4.69, 9.17) is 0 Å². The molecule has 78 valence electrons. The van der Waals surface area contributed by atoms with Crippen molar-refractivity contribution in [2.45, 2.75) is 52.7 Å². The maximum absolute atomic E-state index is 9.58. The lowest BCUT2D eigenvalue weighted by molar-refractivity contribution is 0.0678. The predicted octanol–water partition coefficient (Wildman–Crippen LogP) is 1.88. The van der Waals surface area contributed by atoms with Gasteiger partial charge >= 0.3 is 0 Å². The molecule has 13 heavy (non-hydrogen) atoms. The molecule has 1 aliphatic rings. The van der Waals surface area contributed by atoms with Gasteiger partial charge in [0.15, 0.2) is 0 Å². The Labute approximate surface area is 81.9 Å². The van der Waals surface area contributed by atoms with Crippen molar-refractivity contribution in [3.05, 3.63) is 0 Å². The Morgan fingerprint density at radius 2 is 2.08 bits per heavy atom. The maximum atomic E-state index is 9.58. The molecular weight excluding hydrogens is 162 g/mol. The maximum Gasteiger partial charge on any atom is 0.0667 e. The minimum Gasteiger partial charge on any atom is -0.392 e. The summed E-state index contributed by atoms with van der Waals surface area (Å²) >= 11 is 0. The number of nitrogens with zero attached hydrogens (tertiary/aromatic N) is 1. The molecule has 1 rings (SSSR count). The Morgan fingerprint density at radius 3 is 2.54 bits per heavy atom. The molecule has 1 N–H and O–H groups in total. The topological polar surface area (TPSA) is 23.5 Å². The summed E-state index contributed by atoms with van der Waals surface area (Å²) in [5.74, 6) is 0. The van der Waals surface area contributed by atoms with Gasteiger partial charge in [-0.3, -0.25) is 4.90 Å². The monoisotopic (exact) mass is 185 g/mol. The fourth-order valence-corrected chi connectivity index (χ4v) is 2.20. The third-order valence-corrected chi connectivity index (χ3v) is 2.65. The zero-order valence-corrected chi connectivity index (χ0v) is 9.38. The molecular formula is C11H23NO. The van der Waals surface area contributed by atoms with Gasteiger partial charge in [0.05, 0.1) is 6.10 Å². The summed E-state index contributed by atoms with van der Waals surface area (Å²) in [5, 5.41) is 9.58. The first-order valence-electron chi connectivity index (χ1n) is 5.32. The van der Waals surface area contributed by atoms with Crippen molar-refractivity contribution in [3.63, 3.8) is 0 Å². The fraction of sp³-hybridized carbons (Fsp3) is 1.00. The molecule has 2 unspecified atom stereocenters. The molecule has 1 heterocycles. The van der Waals surface area contributed by atoms with E-state index < -0.39 is 0 Å². The molecule has 2 atom stereocenters. The van der Waals surface area contributed by atoms with Crippen LogP contribution < -0.4 is 0 Å². The van der Waals surface area contributed by atoms with E-state index in [1.54, 1.807) is 0 Å². The molecule has 1 saturated heterocycles. The molecule has 0 aromatic carbocycles. The molecule has 2 nitrogen and oxygen atoms in total. The number of hydrogen-bond acceptors (Lipinski definition) is 2. The van der Waals surface area contributed by atoms with Crippen LogP contribution in [0.2, 0.25) is 0 Å². The first kappa shape index (κ1) is 11.0. The molecule has 2 heteroatoms. The van der Waals surface area contributed by atoms with Crippen molar-refractivity contribution in [1.29, 1.82) is 0 Å². The lowest BCUT2D eigenvalue weighted by Gasteiger charge is -2.32. The van der Waals surface area contributed by atoms with Gasteiger partial charge in [0.1, 0.15) is 0 Å². The standard InChI is InChI=1S/C11H23NO/c1-9(13)10-6-5-7-12(10)8-11(2,3)4/h9-10,13H,5-8H2,1-4H3. The van der Waals surface area contributed by atoms with Gasteiger partial charge in [0.2, 0.25) is 0 Å². The van der Waals surface area contributed by atoms with Gasteiger partial charge < -0.3 is 5.11 Å². The van der Waals surface area contributed by atoms with Gasteiger partial charge in [-0.05, 0) is 31.7 Å². The number of aliphatic hydroxyl groups is 1. The highest BCUT2D eigenvalue weighted by molar-refractivity contribution is 4.85. The van der Waals surface area contributed by atoms with E-state index in [0.29, 0.717) is 11.5 Å². The summed E-state index contributed by atoms with van der Waals surface area (Å²) in [6, 6.07) is 0.402. The molecule has 1 aliphatic heterocycles.